The fourth-order valence-corrected chi connectivity index (χ4v) is 1.48. The van der Waals surface area contributed by atoms with Crippen LogP contribution in [0.2, 0.25) is 0 Å². The van der Waals surface area contributed by atoms with Crippen LogP contribution in [0.1, 0.15) is 12.7 Å². The summed E-state index contributed by atoms with van der Waals surface area (Å²) in [5, 5.41) is 2.72. The third kappa shape index (κ3) is 3.59. The van der Waals surface area contributed by atoms with Gasteiger partial charge < -0.3 is 10.1 Å². The first-order chi connectivity index (χ1) is 9.49. The summed E-state index contributed by atoms with van der Waals surface area (Å²) in [7, 11) is 0. The van der Waals surface area contributed by atoms with Crippen molar-refractivity contribution in [2.45, 2.75) is 13.1 Å². The van der Waals surface area contributed by atoms with Gasteiger partial charge in [-0.1, -0.05) is 18.2 Å². The second-order valence-corrected chi connectivity index (χ2v) is 3.86. The normalized spacial score (nSPS) is 11.2. The van der Waals surface area contributed by atoms with Gasteiger partial charge >= 0.3 is 6.18 Å². The highest BCUT2D eigenvalue weighted by Gasteiger charge is 2.35. The fraction of sp³-hybridized carbons (Fsp3) is 0.231. The van der Waals surface area contributed by atoms with Gasteiger partial charge in [0.05, 0.1) is 0 Å². The van der Waals surface area contributed by atoms with E-state index in [2.05, 4.69) is 15.3 Å². The van der Waals surface area contributed by atoms with Crippen molar-refractivity contribution >= 4 is 5.82 Å². The molecule has 0 aliphatic heterocycles. The number of aromatic nitrogens is 2. The molecule has 0 aliphatic carbocycles. The van der Waals surface area contributed by atoms with E-state index in [-0.39, 0.29) is 11.7 Å². The van der Waals surface area contributed by atoms with Crippen LogP contribution in [0.5, 0.6) is 11.6 Å². The third-order valence-corrected chi connectivity index (χ3v) is 2.28. The van der Waals surface area contributed by atoms with E-state index in [1.54, 1.807) is 37.3 Å². The van der Waals surface area contributed by atoms with Crippen LogP contribution in [0.4, 0.5) is 19.0 Å². The summed E-state index contributed by atoms with van der Waals surface area (Å²) in [6.45, 7) is 2.20. The summed E-state index contributed by atoms with van der Waals surface area (Å²) >= 11 is 0. The van der Waals surface area contributed by atoms with Crippen LogP contribution in [0.15, 0.2) is 36.4 Å². The second-order valence-electron chi connectivity index (χ2n) is 3.86. The Hall–Kier alpha value is -2.31. The molecule has 0 spiro atoms. The third-order valence-electron chi connectivity index (χ3n) is 2.28. The Morgan fingerprint density at radius 1 is 1.15 bits per heavy atom. The average Bonchev–Trinajstić information content (AvgIpc) is 2.39. The zero-order valence-corrected chi connectivity index (χ0v) is 10.6. The lowest BCUT2D eigenvalue weighted by Crippen LogP contribution is -2.13. The first-order valence-corrected chi connectivity index (χ1v) is 5.92. The molecule has 7 heteroatoms. The van der Waals surface area contributed by atoms with E-state index in [1.165, 1.54) is 6.07 Å². The minimum atomic E-state index is -4.62. The summed E-state index contributed by atoms with van der Waals surface area (Å²) in [5.41, 5.74) is 0. The molecular weight excluding hydrogens is 271 g/mol. The highest BCUT2D eigenvalue weighted by atomic mass is 19.4. The number of anilines is 1. The van der Waals surface area contributed by atoms with Crippen molar-refractivity contribution in [3.63, 3.8) is 0 Å². The molecule has 0 amide bonds. The molecule has 1 aromatic carbocycles. The van der Waals surface area contributed by atoms with Crippen LogP contribution in [-0.4, -0.2) is 16.5 Å². The Bertz CT molecular complexity index is 573. The van der Waals surface area contributed by atoms with Crippen molar-refractivity contribution in [1.29, 1.82) is 0 Å². The van der Waals surface area contributed by atoms with Gasteiger partial charge in [0, 0.05) is 12.6 Å². The van der Waals surface area contributed by atoms with Gasteiger partial charge in [0.25, 0.3) is 0 Å². The van der Waals surface area contributed by atoms with Crippen LogP contribution in [0.3, 0.4) is 0 Å². The number of benzene rings is 1. The second kappa shape index (κ2) is 5.77. The number of alkyl halides is 3. The molecule has 0 saturated carbocycles. The molecule has 0 bridgehead atoms. The number of hydrogen-bond acceptors (Lipinski definition) is 4. The maximum Gasteiger partial charge on any atom is 0.451 e. The van der Waals surface area contributed by atoms with Gasteiger partial charge in [0.15, 0.2) is 0 Å². The van der Waals surface area contributed by atoms with E-state index < -0.39 is 12.0 Å². The lowest BCUT2D eigenvalue weighted by atomic mass is 10.3. The molecule has 0 saturated heterocycles. The Balaban J connectivity index is 2.34. The lowest BCUT2D eigenvalue weighted by molar-refractivity contribution is -0.145. The SMILES string of the molecule is CCNc1cc(Oc2ccccc2)nc(C(F)(F)F)n1. The topological polar surface area (TPSA) is 47.0 Å². The standard InChI is InChI=1S/C13H12F3N3O/c1-2-17-10-8-11(19-12(18-10)13(14,15)16)20-9-6-4-3-5-7-9/h3-8H,2H2,1H3,(H,17,18,19). The van der Waals surface area contributed by atoms with E-state index in [4.69, 9.17) is 4.74 Å². The van der Waals surface area contributed by atoms with Gasteiger partial charge in [-0.2, -0.15) is 18.2 Å². The van der Waals surface area contributed by atoms with Crippen molar-refractivity contribution in [2.75, 3.05) is 11.9 Å². The quantitative estimate of drug-likeness (QED) is 0.929. The van der Waals surface area contributed by atoms with Gasteiger partial charge in [0.1, 0.15) is 11.6 Å². The van der Waals surface area contributed by atoms with E-state index in [0.717, 1.165) is 0 Å². The van der Waals surface area contributed by atoms with Crippen LogP contribution in [0, 0.1) is 0 Å². The summed E-state index contributed by atoms with van der Waals surface area (Å²) < 4.78 is 43.5. The van der Waals surface area contributed by atoms with Crippen LogP contribution >= 0.6 is 0 Å². The number of nitrogens with zero attached hydrogens (tertiary/aromatic N) is 2. The van der Waals surface area contributed by atoms with Crippen LogP contribution < -0.4 is 10.1 Å². The van der Waals surface area contributed by atoms with Crippen molar-refractivity contribution in [3.05, 3.63) is 42.2 Å². The number of halogens is 3. The monoisotopic (exact) mass is 283 g/mol. The van der Waals surface area contributed by atoms with Crippen molar-refractivity contribution in [1.82, 2.24) is 9.97 Å². The van der Waals surface area contributed by atoms with Gasteiger partial charge in [-0.15, -0.1) is 0 Å². The Morgan fingerprint density at radius 3 is 2.45 bits per heavy atom. The van der Waals surface area contributed by atoms with Crippen LogP contribution in [-0.2, 0) is 6.18 Å². The molecule has 0 aliphatic rings. The molecular formula is C13H12F3N3O. The van der Waals surface area contributed by atoms with Crippen LogP contribution in [0.25, 0.3) is 0 Å². The molecule has 1 aromatic heterocycles. The number of para-hydroxylation sites is 1. The van der Waals surface area contributed by atoms with E-state index in [9.17, 15) is 13.2 Å². The number of hydrogen-bond donors (Lipinski definition) is 1. The molecule has 0 fully saturated rings. The van der Waals surface area contributed by atoms with Crippen molar-refractivity contribution in [3.8, 4) is 11.6 Å². The fourth-order valence-electron chi connectivity index (χ4n) is 1.48. The molecule has 0 unspecified atom stereocenters. The summed E-state index contributed by atoms with van der Waals surface area (Å²) in [6, 6.07) is 9.78. The largest absolute Gasteiger partial charge is 0.451 e. The number of ether oxygens (including phenoxy) is 1. The minimum Gasteiger partial charge on any atom is -0.439 e. The number of rotatable bonds is 4. The molecule has 1 heterocycles. The smallest absolute Gasteiger partial charge is 0.439 e. The summed E-state index contributed by atoms with van der Waals surface area (Å²) in [5.74, 6) is -0.918. The van der Waals surface area contributed by atoms with Crippen molar-refractivity contribution in [2.24, 2.45) is 0 Å². The van der Waals surface area contributed by atoms with Gasteiger partial charge in [0.2, 0.25) is 11.7 Å². The first-order valence-electron chi connectivity index (χ1n) is 5.92. The zero-order valence-electron chi connectivity index (χ0n) is 10.6. The molecule has 0 radical (unpaired) electrons. The van der Waals surface area contributed by atoms with E-state index in [1.807, 2.05) is 0 Å². The van der Waals surface area contributed by atoms with E-state index >= 15 is 0 Å². The maximum atomic E-state index is 12.7. The highest BCUT2D eigenvalue weighted by Crippen LogP contribution is 2.30. The minimum absolute atomic E-state index is 0.0701. The molecule has 0 atom stereocenters. The van der Waals surface area contributed by atoms with Gasteiger partial charge in [-0.05, 0) is 19.1 Å². The first kappa shape index (κ1) is 14.1. The molecule has 2 rings (SSSR count). The Kier molecular flexibility index (Phi) is 4.07. The maximum absolute atomic E-state index is 12.7. The lowest BCUT2D eigenvalue weighted by Gasteiger charge is -2.11. The number of nitrogens with one attached hydrogen (secondary N) is 1. The highest BCUT2D eigenvalue weighted by molar-refractivity contribution is 5.40. The Morgan fingerprint density at radius 2 is 1.85 bits per heavy atom. The molecule has 106 valence electrons. The molecule has 4 nitrogen and oxygen atoms in total. The van der Waals surface area contributed by atoms with Gasteiger partial charge in [-0.3, -0.25) is 0 Å². The Labute approximate surface area is 113 Å². The predicted molar refractivity (Wildman–Crippen MR) is 67.7 cm³/mol. The average molecular weight is 283 g/mol. The van der Waals surface area contributed by atoms with E-state index in [0.29, 0.717) is 12.3 Å². The summed E-state index contributed by atoms with van der Waals surface area (Å²) in [6.07, 6.45) is -4.62. The van der Waals surface area contributed by atoms with Gasteiger partial charge in [-0.25, -0.2) is 4.98 Å². The summed E-state index contributed by atoms with van der Waals surface area (Å²) in [4.78, 5) is 6.79. The van der Waals surface area contributed by atoms with Crippen molar-refractivity contribution < 1.29 is 17.9 Å². The molecule has 2 aromatic rings. The molecule has 1 N–H and O–H groups in total. The molecule has 20 heavy (non-hydrogen) atoms. The predicted octanol–water partition coefficient (Wildman–Crippen LogP) is 3.72. The zero-order chi connectivity index (χ0) is 14.6.